The monoisotopic (exact) mass is 391 g/mol. The Hall–Kier alpha value is -1.77. The molecule has 0 aromatic heterocycles. The molecule has 2 fully saturated rings. The Morgan fingerprint density at radius 3 is 2.15 bits per heavy atom. The smallest absolute Gasteiger partial charge is 0.416 e. The molecule has 144 valence electrons. The van der Waals surface area contributed by atoms with E-state index in [1.807, 2.05) is 0 Å². The van der Waals surface area contributed by atoms with Crippen LogP contribution in [0.1, 0.15) is 25.3 Å². The number of carbonyl (C=O) groups excluding carboxylic acids is 1. The molecule has 1 unspecified atom stereocenters. The van der Waals surface area contributed by atoms with E-state index >= 15 is 0 Å². The summed E-state index contributed by atoms with van der Waals surface area (Å²) in [6, 6.07) is 4.20. The summed E-state index contributed by atoms with van der Waals surface area (Å²) in [5.74, 6) is 0.332. The van der Waals surface area contributed by atoms with E-state index in [0.29, 0.717) is 25.9 Å². The first-order valence-corrected chi connectivity index (χ1v) is 10.2. The quantitative estimate of drug-likeness (QED) is 0.794. The second-order valence-electron chi connectivity index (χ2n) is 7.14. The van der Waals surface area contributed by atoms with Crippen molar-refractivity contribution >= 4 is 15.7 Å². The molecular weight excluding hydrogens is 371 g/mol. The Morgan fingerprint density at radius 1 is 1.15 bits per heavy atom. The summed E-state index contributed by atoms with van der Waals surface area (Å²) in [4.78, 5) is 14.1. The minimum Gasteiger partial charge on any atom is -0.481 e. The molecule has 0 N–H and O–H groups in total. The van der Waals surface area contributed by atoms with Gasteiger partial charge in [0.15, 0.2) is 15.9 Å². The van der Waals surface area contributed by atoms with Crippen LogP contribution in [-0.2, 0) is 20.8 Å². The van der Waals surface area contributed by atoms with E-state index in [2.05, 4.69) is 0 Å². The number of alkyl halides is 3. The molecule has 9 heteroatoms. The van der Waals surface area contributed by atoms with Crippen LogP contribution >= 0.6 is 0 Å². The summed E-state index contributed by atoms with van der Waals surface area (Å²) in [5, 5.41) is 0. The normalized spacial score (nSPS) is 22.5. The number of piperidine rings is 1. The minimum absolute atomic E-state index is 0.187. The van der Waals surface area contributed by atoms with Gasteiger partial charge < -0.3 is 9.64 Å². The Balaban J connectivity index is 1.54. The van der Waals surface area contributed by atoms with E-state index < -0.39 is 27.7 Å². The van der Waals surface area contributed by atoms with Crippen molar-refractivity contribution in [2.45, 2.75) is 32.0 Å². The summed E-state index contributed by atoms with van der Waals surface area (Å²) in [6.07, 6.45) is -3.96. The second-order valence-corrected chi connectivity index (χ2v) is 9.20. The molecule has 0 bridgehead atoms. The molecule has 1 amide bonds. The highest BCUT2D eigenvalue weighted by Crippen LogP contribution is 2.42. The van der Waals surface area contributed by atoms with Gasteiger partial charge in [-0.15, -0.1) is 0 Å². The van der Waals surface area contributed by atoms with Crippen LogP contribution in [0, 0.1) is 5.41 Å². The predicted molar refractivity (Wildman–Crippen MR) is 88.4 cm³/mol. The third-order valence-corrected chi connectivity index (χ3v) is 7.13. The van der Waals surface area contributed by atoms with Crippen LogP contribution in [-0.4, -0.2) is 49.9 Å². The fraction of sp³-hybridized carbons (Fsp3) is 0.588. The number of likely N-dealkylation sites (tertiary alicyclic amines) is 1. The Kier molecular flexibility index (Phi) is 4.71. The average molecular weight is 391 g/mol. The minimum atomic E-state index is -4.42. The van der Waals surface area contributed by atoms with Gasteiger partial charge in [0.2, 0.25) is 0 Å². The van der Waals surface area contributed by atoms with Gasteiger partial charge in [0.05, 0.1) is 17.1 Å². The van der Waals surface area contributed by atoms with E-state index in [1.165, 1.54) is 12.1 Å². The van der Waals surface area contributed by atoms with Crippen LogP contribution in [0.3, 0.4) is 0 Å². The first-order chi connectivity index (χ1) is 12.0. The molecule has 1 spiro atoms. The van der Waals surface area contributed by atoms with Gasteiger partial charge in [0.25, 0.3) is 5.91 Å². The number of ether oxygens (including phenoxy) is 1. The molecule has 3 rings (SSSR count). The van der Waals surface area contributed by atoms with Gasteiger partial charge in [-0.05, 0) is 44.0 Å². The zero-order valence-electron chi connectivity index (χ0n) is 14.3. The predicted octanol–water partition coefficient (Wildman–Crippen LogP) is 2.51. The fourth-order valence-corrected chi connectivity index (χ4v) is 5.97. The zero-order chi connectivity index (χ0) is 19.2. The van der Waals surface area contributed by atoms with Gasteiger partial charge in [0, 0.05) is 18.5 Å². The van der Waals surface area contributed by atoms with Gasteiger partial charge in [-0.2, -0.15) is 13.2 Å². The van der Waals surface area contributed by atoms with Gasteiger partial charge in [0.1, 0.15) is 5.75 Å². The van der Waals surface area contributed by atoms with Crippen molar-refractivity contribution in [1.82, 2.24) is 4.90 Å². The molecule has 2 aliphatic heterocycles. The van der Waals surface area contributed by atoms with Crippen molar-refractivity contribution in [3.63, 3.8) is 0 Å². The third-order valence-electron chi connectivity index (χ3n) is 5.03. The van der Waals surface area contributed by atoms with E-state index in [4.69, 9.17) is 4.74 Å². The number of hydrogen-bond donors (Lipinski definition) is 0. The fourth-order valence-electron chi connectivity index (χ4n) is 3.61. The third kappa shape index (κ3) is 3.97. The summed E-state index contributed by atoms with van der Waals surface area (Å²) < 4.78 is 65.9. The molecular formula is C17H20F3NO4S. The second kappa shape index (κ2) is 6.44. The standard InChI is InChI=1S/C17H20F3NO4S/c1-12(25-14-4-2-13(3-5-14)17(18,19)20)15(22)21-8-6-16(7-9-21)10-26(23,24)11-16/h2-5,12H,6-11H2,1H3. The van der Waals surface area contributed by atoms with Crippen LogP contribution in [0.25, 0.3) is 0 Å². The summed E-state index contributed by atoms with van der Waals surface area (Å²) >= 11 is 0. The maximum absolute atomic E-state index is 12.6. The number of sulfone groups is 1. The van der Waals surface area contributed by atoms with Crippen LogP contribution in [0.5, 0.6) is 5.75 Å². The number of amides is 1. The molecule has 5 nitrogen and oxygen atoms in total. The van der Waals surface area contributed by atoms with Gasteiger partial charge in [-0.3, -0.25) is 4.79 Å². The first kappa shape index (κ1) is 19.0. The zero-order valence-corrected chi connectivity index (χ0v) is 15.1. The maximum atomic E-state index is 12.6. The van der Waals surface area contributed by atoms with E-state index in [9.17, 15) is 26.4 Å². The Bertz CT molecular complexity index is 767. The molecule has 1 atom stereocenters. The van der Waals surface area contributed by atoms with Crippen LogP contribution in [0.15, 0.2) is 24.3 Å². The number of hydrogen-bond acceptors (Lipinski definition) is 4. The number of halogens is 3. The summed E-state index contributed by atoms with van der Waals surface area (Å²) in [7, 11) is -2.91. The van der Waals surface area contributed by atoms with E-state index in [0.717, 1.165) is 12.1 Å². The lowest BCUT2D eigenvalue weighted by molar-refractivity contribution is -0.140. The van der Waals surface area contributed by atoms with Crippen molar-refractivity contribution < 1.29 is 31.1 Å². The number of nitrogens with zero attached hydrogens (tertiary/aromatic N) is 1. The first-order valence-electron chi connectivity index (χ1n) is 8.33. The van der Waals surface area contributed by atoms with Crippen LogP contribution < -0.4 is 4.74 Å². The van der Waals surface area contributed by atoms with Crippen LogP contribution in [0.2, 0.25) is 0 Å². The number of benzene rings is 1. The van der Waals surface area contributed by atoms with Crippen LogP contribution in [0.4, 0.5) is 13.2 Å². The van der Waals surface area contributed by atoms with Crippen molar-refractivity contribution in [3.05, 3.63) is 29.8 Å². The number of carbonyl (C=O) groups is 1. The Labute approximate surface area is 150 Å². The molecule has 2 heterocycles. The van der Waals surface area contributed by atoms with Crippen molar-refractivity contribution in [2.24, 2.45) is 5.41 Å². The highest BCUT2D eigenvalue weighted by Gasteiger charge is 2.50. The molecule has 0 aliphatic carbocycles. The van der Waals surface area contributed by atoms with E-state index in [-0.39, 0.29) is 28.6 Å². The SMILES string of the molecule is CC(Oc1ccc(C(F)(F)F)cc1)C(=O)N1CCC2(CC1)CS(=O)(=O)C2. The lowest BCUT2D eigenvalue weighted by atomic mass is 9.81. The summed E-state index contributed by atoms with van der Waals surface area (Å²) in [6.45, 7) is 2.49. The number of rotatable bonds is 3. The van der Waals surface area contributed by atoms with Gasteiger partial charge in [-0.1, -0.05) is 0 Å². The highest BCUT2D eigenvalue weighted by molar-refractivity contribution is 7.92. The molecule has 1 aromatic rings. The van der Waals surface area contributed by atoms with Gasteiger partial charge in [-0.25, -0.2) is 8.42 Å². The molecule has 1 aromatic carbocycles. The van der Waals surface area contributed by atoms with Crippen molar-refractivity contribution in [3.8, 4) is 5.75 Å². The largest absolute Gasteiger partial charge is 0.481 e. The average Bonchev–Trinajstić information content (AvgIpc) is 2.52. The highest BCUT2D eigenvalue weighted by atomic mass is 32.2. The van der Waals surface area contributed by atoms with E-state index in [1.54, 1.807) is 11.8 Å². The lowest BCUT2D eigenvalue weighted by Gasteiger charge is -2.47. The topological polar surface area (TPSA) is 63.7 Å². The lowest BCUT2D eigenvalue weighted by Crippen LogP contribution is -2.56. The van der Waals surface area contributed by atoms with Crippen molar-refractivity contribution in [1.29, 1.82) is 0 Å². The Morgan fingerprint density at radius 2 is 1.69 bits per heavy atom. The maximum Gasteiger partial charge on any atom is 0.416 e. The molecule has 0 saturated carbocycles. The molecule has 0 radical (unpaired) electrons. The molecule has 2 aliphatic rings. The molecule has 26 heavy (non-hydrogen) atoms. The molecule has 2 saturated heterocycles. The summed E-state index contributed by atoms with van der Waals surface area (Å²) in [5.41, 5.74) is -0.965. The van der Waals surface area contributed by atoms with Crippen molar-refractivity contribution in [2.75, 3.05) is 24.6 Å². The van der Waals surface area contributed by atoms with Gasteiger partial charge >= 0.3 is 6.18 Å².